The summed E-state index contributed by atoms with van der Waals surface area (Å²) in [7, 11) is 0. The maximum atomic E-state index is 13.2. The van der Waals surface area contributed by atoms with Gasteiger partial charge in [0, 0.05) is 12.1 Å². The van der Waals surface area contributed by atoms with Gasteiger partial charge in [-0.1, -0.05) is 19.9 Å². The topological polar surface area (TPSA) is 139 Å². The number of hydrogen-bond acceptors (Lipinski definition) is 8. The smallest absolute Gasteiger partial charge is 0.325 e. The summed E-state index contributed by atoms with van der Waals surface area (Å²) in [6.45, 7) is 8.91. The molecule has 0 unspecified atom stereocenters. The lowest BCUT2D eigenvalue weighted by Crippen LogP contribution is -2.61. The predicted octanol–water partition coefficient (Wildman–Crippen LogP) is 2.27. The molecule has 1 aromatic carbocycles. The number of carbonyl (C=O) groups excluding carboxylic acids is 4. The van der Waals surface area contributed by atoms with Crippen molar-refractivity contribution in [2.75, 3.05) is 6.54 Å². The fourth-order valence-corrected chi connectivity index (χ4v) is 4.64. The molecule has 0 spiro atoms. The Labute approximate surface area is 234 Å². The highest BCUT2D eigenvalue weighted by molar-refractivity contribution is 5.93. The van der Waals surface area contributed by atoms with Gasteiger partial charge in [-0.05, 0) is 75.9 Å². The first-order valence-corrected chi connectivity index (χ1v) is 13.7. The van der Waals surface area contributed by atoms with E-state index in [0.717, 1.165) is 5.56 Å². The van der Waals surface area contributed by atoms with E-state index in [9.17, 15) is 19.2 Å². The second kappa shape index (κ2) is 12.5. The van der Waals surface area contributed by atoms with Crippen LogP contribution in [0.2, 0.25) is 0 Å². The Morgan fingerprint density at radius 2 is 1.62 bits per heavy atom. The lowest BCUT2D eigenvalue weighted by Gasteiger charge is -2.35. The average Bonchev–Trinajstić information content (AvgIpc) is 2.95. The number of carbonyl (C=O) groups is 4. The number of rotatable bonds is 1. The zero-order valence-corrected chi connectivity index (χ0v) is 23.5. The normalized spacial score (nSPS) is 26.6. The number of esters is 1. The second-order valence-electron chi connectivity index (χ2n) is 10.6. The summed E-state index contributed by atoms with van der Waals surface area (Å²) in [4.78, 5) is 56.9. The minimum absolute atomic E-state index is 0.249. The van der Waals surface area contributed by atoms with E-state index < -0.39 is 54.0 Å². The van der Waals surface area contributed by atoms with Crippen LogP contribution in [0.5, 0.6) is 5.75 Å². The second-order valence-corrected chi connectivity index (χ2v) is 10.6. The maximum Gasteiger partial charge on any atom is 0.325 e. The Hall–Kier alpha value is -3.99. The number of benzene rings is 1. The van der Waals surface area contributed by atoms with E-state index in [2.05, 4.69) is 21.0 Å². The number of nitrogens with zero attached hydrogens (tertiary/aromatic N) is 2. The van der Waals surface area contributed by atoms with E-state index in [1.54, 1.807) is 52.8 Å². The summed E-state index contributed by atoms with van der Waals surface area (Å²) in [5.74, 6) is -1.61. The van der Waals surface area contributed by atoms with Crippen molar-refractivity contribution in [3.05, 3.63) is 48.2 Å². The van der Waals surface area contributed by atoms with Crippen LogP contribution in [0.25, 0.3) is 11.3 Å². The van der Waals surface area contributed by atoms with Gasteiger partial charge in [-0.25, -0.2) is 10.4 Å². The molecule has 1 saturated heterocycles. The third kappa shape index (κ3) is 6.77. The van der Waals surface area contributed by atoms with Crippen LogP contribution in [0.3, 0.4) is 0 Å². The lowest BCUT2D eigenvalue weighted by atomic mass is 10.0. The van der Waals surface area contributed by atoms with E-state index in [-0.39, 0.29) is 5.92 Å². The zero-order valence-electron chi connectivity index (χ0n) is 23.5. The van der Waals surface area contributed by atoms with Gasteiger partial charge in [-0.2, -0.15) is 0 Å². The fraction of sp³-hybridized carbons (Fsp3) is 0.483. The monoisotopic (exact) mass is 551 g/mol. The van der Waals surface area contributed by atoms with E-state index in [4.69, 9.17) is 9.47 Å². The molecule has 11 nitrogen and oxygen atoms in total. The van der Waals surface area contributed by atoms with E-state index in [0.29, 0.717) is 36.5 Å². The third-order valence-corrected chi connectivity index (χ3v) is 7.03. The summed E-state index contributed by atoms with van der Waals surface area (Å²) in [5, 5.41) is 6.80. The molecule has 0 radical (unpaired) electrons. The zero-order chi connectivity index (χ0) is 29.0. The number of amides is 3. The first-order chi connectivity index (χ1) is 19.0. The van der Waals surface area contributed by atoms with Gasteiger partial charge in [-0.3, -0.25) is 24.2 Å². The molecule has 3 aliphatic rings. The van der Waals surface area contributed by atoms with Gasteiger partial charge < -0.3 is 20.1 Å². The van der Waals surface area contributed by atoms with Crippen molar-refractivity contribution in [3.8, 4) is 17.0 Å². The van der Waals surface area contributed by atoms with Crippen LogP contribution in [-0.2, 0) is 23.9 Å². The molecule has 1 aromatic heterocycles. The van der Waals surface area contributed by atoms with Crippen molar-refractivity contribution in [1.29, 1.82) is 0 Å². The number of nitrogens with one attached hydrogen (secondary N) is 3. The molecular formula is C29H37N5O6. The Bertz CT molecular complexity index is 1250. The summed E-state index contributed by atoms with van der Waals surface area (Å²) >= 11 is 0. The van der Waals surface area contributed by atoms with Crippen LogP contribution in [0.4, 0.5) is 0 Å². The van der Waals surface area contributed by atoms with Gasteiger partial charge in [0.05, 0.1) is 11.4 Å². The van der Waals surface area contributed by atoms with Crippen molar-refractivity contribution in [2.45, 2.75) is 77.8 Å². The molecule has 6 bridgehead atoms. The number of fused-ring (bicyclic) bond motifs is 12. The molecule has 1 fully saturated rings. The van der Waals surface area contributed by atoms with Crippen LogP contribution in [-0.4, -0.2) is 64.5 Å². The van der Waals surface area contributed by atoms with Crippen molar-refractivity contribution >= 4 is 23.7 Å². The minimum Gasteiger partial charge on any atom is -0.481 e. The lowest BCUT2D eigenvalue weighted by molar-refractivity contribution is -0.157. The summed E-state index contributed by atoms with van der Waals surface area (Å²) in [5.41, 5.74) is 5.05. The Balaban J connectivity index is 1.63. The van der Waals surface area contributed by atoms with Gasteiger partial charge in [0.25, 0.3) is 11.8 Å². The maximum absolute atomic E-state index is 13.2. The number of hydrogen-bond donors (Lipinski definition) is 3. The van der Waals surface area contributed by atoms with Gasteiger partial charge in [0.1, 0.15) is 30.0 Å². The quantitative estimate of drug-likeness (QED) is 0.362. The largest absolute Gasteiger partial charge is 0.481 e. The Morgan fingerprint density at radius 3 is 2.33 bits per heavy atom. The number of ether oxygens (including phenoxy) is 2. The Kier molecular flexibility index (Phi) is 9.03. The van der Waals surface area contributed by atoms with Crippen LogP contribution in [0.15, 0.2) is 42.5 Å². The molecule has 0 saturated carbocycles. The minimum atomic E-state index is -0.899. The molecule has 4 heterocycles. The van der Waals surface area contributed by atoms with Crippen LogP contribution in [0.1, 0.15) is 59.3 Å². The molecule has 214 valence electrons. The van der Waals surface area contributed by atoms with Gasteiger partial charge in [0.2, 0.25) is 5.91 Å². The van der Waals surface area contributed by atoms with E-state index >= 15 is 0 Å². The summed E-state index contributed by atoms with van der Waals surface area (Å²) in [6.07, 6.45) is -0.410. The molecule has 5 atom stereocenters. The van der Waals surface area contributed by atoms with Gasteiger partial charge >= 0.3 is 5.97 Å². The molecule has 0 aliphatic carbocycles. The summed E-state index contributed by atoms with van der Waals surface area (Å²) in [6, 6.07) is 10.1. The molecule has 3 amide bonds. The van der Waals surface area contributed by atoms with Crippen molar-refractivity contribution in [2.24, 2.45) is 5.92 Å². The molecular weight excluding hydrogens is 514 g/mol. The summed E-state index contributed by atoms with van der Waals surface area (Å²) < 4.78 is 11.6. The number of pyridine rings is 1. The standard InChI is InChI=1S/C29H37N5O6/c1-16(2)25-27(36)30-17(3)28(37)34-15-7-10-24(33-34)29(38)40-18(4)22-8-6-9-23(31-22)20-11-13-21(14-12-20)39-19(5)26(35)32-25/h6,8-9,11-14,16-19,24-25,33H,7,10,15H2,1-5H3,(H,30,36)(H,32,35)/t17-,18+,19-,24-,25-/m0/s1. The molecule has 3 aliphatic heterocycles. The van der Waals surface area contributed by atoms with Gasteiger partial charge in [-0.15, -0.1) is 0 Å². The van der Waals surface area contributed by atoms with E-state index in [1.165, 1.54) is 5.01 Å². The first kappa shape index (κ1) is 29.0. The SMILES string of the molecule is CC(C)[C@@H]1NC(=O)[C@H](C)Oc2ccc(cc2)-c2cccc(n2)[C@@H](C)OC(=O)[C@@H]2CCCN(N2)C(=O)[C@H](C)NC1=O. The first-order valence-electron chi connectivity index (χ1n) is 13.7. The van der Waals surface area contributed by atoms with Crippen molar-refractivity contribution in [1.82, 2.24) is 26.1 Å². The highest BCUT2D eigenvalue weighted by Crippen LogP contribution is 2.25. The van der Waals surface area contributed by atoms with Crippen LogP contribution in [0, 0.1) is 5.92 Å². The molecule has 2 aromatic rings. The molecule has 3 N–H and O–H groups in total. The number of hydrazine groups is 1. The van der Waals surface area contributed by atoms with Gasteiger partial charge in [0.15, 0.2) is 6.10 Å². The van der Waals surface area contributed by atoms with Crippen LogP contribution >= 0.6 is 0 Å². The Morgan fingerprint density at radius 1 is 0.900 bits per heavy atom. The van der Waals surface area contributed by atoms with Crippen molar-refractivity contribution in [3.63, 3.8) is 0 Å². The highest BCUT2D eigenvalue weighted by atomic mass is 16.5. The van der Waals surface area contributed by atoms with Crippen LogP contribution < -0.4 is 20.8 Å². The highest BCUT2D eigenvalue weighted by Gasteiger charge is 2.34. The molecule has 5 rings (SSSR count). The molecule has 40 heavy (non-hydrogen) atoms. The molecule has 11 heteroatoms. The predicted molar refractivity (Wildman–Crippen MR) is 147 cm³/mol. The number of aromatic nitrogens is 1. The van der Waals surface area contributed by atoms with E-state index in [1.807, 2.05) is 24.3 Å². The fourth-order valence-electron chi connectivity index (χ4n) is 4.64. The third-order valence-electron chi connectivity index (χ3n) is 7.03. The van der Waals surface area contributed by atoms with Crippen molar-refractivity contribution < 1.29 is 28.7 Å². The average molecular weight is 552 g/mol.